The van der Waals surface area contributed by atoms with E-state index in [-0.39, 0.29) is 18.9 Å². The smallest absolute Gasteiger partial charge is 0.305 e. The van der Waals surface area contributed by atoms with E-state index >= 15 is 0 Å². The molecule has 0 aromatic carbocycles. The summed E-state index contributed by atoms with van der Waals surface area (Å²) < 4.78 is 23.4. The Labute approximate surface area is 114 Å². The van der Waals surface area contributed by atoms with Crippen LogP contribution in [0.1, 0.15) is 34.1 Å². The van der Waals surface area contributed by atoms with Crippen molar-refractivity contribution >= 4 is 21.7 Å². The molecule has 0 saturated heterocycles. The minimum absolute atomic E-state index is 0.0416. The first-order chi connectivity index (χ1) is 8.56. The lowest BCUT2D eigenvalue weighted by molar-refractivity contribution is -0.138. The molecule has 0 aliphatic carbocycles. The third-order valence-corrected chi connectivity index (χ3v) is 4.66. The van der Waals surface area contributed by atoms with Crippen LogP contribution in [0.4, 0.5) is 0 Å². The monoisotopic (exact) mass is 293 g/mol. The first kappa shape index (κ1) is 17.9. The van der Waals surface area contributed by atoms with Gasteiger partial charge in [0.25, 0.3) is 0 Å². The average molecular weight is 293 g/mol. The summed E-state index contributed by atoms with van der Waals surface area (Å²) >= 11 is 0. The molecule has 0 aliphatic heterocycles. The van der Waals surface area contributed by atoms with Crippen LogP contribution in [-0.4, -0.2) is 54.4 Å². The second kappa shape index (κ2) is 7.47. The number of hydrogen-bond donors (Lipinski definition) is 1. The van der Waals surface area contributed by atoms with Crippen molar-refractivity contribution in [2.45, 2.75) is 39.4 Å². The van der Waals surface area contributed by atoms with E-state index in [4.69, 9.17) is 5.11 Å². The normalized spacial score (nSPS) is 11.9. The molecule has 0 fully saturated rings. The lowest BCUT2D eigenvalue weighted by atomic mass is 10.2. The third-order valence-electron chi connectivity index (χ3n) is 2.58. The van der Waals surface area contributed by atoms with E-state index in [9.17, 15) is 18.0 Å². The van der Waals surface area contributed by atoms with E-state index < -0.39 is 32.7 Å². The predicted octanol–water partition coefficient (Wildman–Crippen LogP) is 0.769. The summed E-state index contributed by atoms with van der Waals surface area (Å²) in [4.78, 5) is 23.8. The maximum absolute atomic E-state index is 12.0. The zero-order chi connectivity index (χ0) is 15.2. The molecule has 0 unspecified atom stereocenters. The fourth-order valence-electron chi connectivity index (χ4n) is 1.42. The Kier molecular flexibility index (Phi) is 7.04. The van der Waals surface area contributed by atoms with Gasteiger partial charge >= 0.3 is 5.97 Å². The van der Waals surface area contributed by atoms with Crippen molar-refractivity contribution in [2.75, 3.05) is 18.8 Å². The summed E-state index contributed by atoms with van der Waals surface area (Å²) in [5.41, 5.74) is 0. The molecule has 19 heavy (non-hydrogen) atoms. The molecule has 0 aliphatic rings. The quantitative estimate of drug-likeness (QED) is 0.713. The van der Waals surface area contributed by atoms with E-state index in [0.717, 1.165) is 0 Å². The number of amides is 1. The zero-order valence-electron chi connectivity index (χ0n) is 11.9. The van der Waals surface area contributed by atoms with Crippen LogP contribution >= 0.6 is 0 Å². The number of carbonyl (C=O) groups excluding carboxylic acids is 1. The maximum atomic E-state index is 12.0. The number of sulfone groups is 1. The van der Waals surface area contributed by atoms with Crippen LogP contribution in [0.2, 0.25) is 0 Å². The standard InChI is InChI=1S/C12H23NO5S/c1-9(2)7-13(6-5-12(15)16)11(14)8-19(17,18)10(3)4/h9-10H,5-8H2,1-4H3,(H,15,16). The van der Waals surface area contributed by atoms with Crippen molar-refractivity contribution in [2.24, 2.45) is 5.92 Å². The van der Waals surface area contributed by atoms with Gasteiger partial charge in [-0.1, -0.05) is 13.8 Å². The Morgan fingerprint density at radius 1 is 1.16 bits per heavy atom. The molecule has 0 rings (SSSR count). The largest absolute Gasteiger partial charge is 0.481 e. The van der Waals surface area contributed by atoms with Crippen LogP contribution in [0.3, 0.4) is 0 Å². The van der Waals surface area contributed by atoms with E-state index in [2.05, 4.69) is 0 Å². The first-order valence-corrected chi connectivity index (χ1v) is 7.99. The van der Waals surface area contributed by atoms with Crippen molar-refractivity contribution < 1.29 is 23.1 Å². The number of carboxylic acid groups (broad SMARTS) is 1. The zero-order valence-corrected chi connectivity index (χ0v) is 12.7. The first-order valence-electron chi connectivity index (χ1n) is 6.27. The molecule has 0 aromatic rings. The van der Waals surface area contributed by atoms with Gasteiger partial charge in [-0.25, -0.2) is 8.42 Å². The van der Waals surface area contributed by atoms with Gasteiger partial charge in [-0.15, -0.1) is 0 Å². The fourth-order valence-corrected chi connectivity index (χ4v) is 2.28. The van der Waals surface area contributed by atoms with Gasteiger partial charge in [0.1, 0.15) is 5.75 Å². The Morgan fingerprint density at radius 2 is 1.68 bits per heavy atom. The highest BCUT2D eigenvalue weighted by Crippen LogP contribution is 2.06. The highest BCUT2D eigenvalue weighted by atomic mass is 32.2. The summed E-state index contributed by atoms with van der Waals surface area (Å²) in [6, 6.07) is 0. The predicted molar refractivity (Wildman–Crippen MR) is 72.6 cm³/mol. The lowest BCUT2D eigenvalue weighted by Gasteiger charge is -2.24. The second-order valence-corrected chi connectivity index (χ2v) is 7.79. The van der Waals surface area contributed by atoms with Gasteiger partial charge in [0, 0.05) is 13.1 Å². The molecule has 112 valence electrons. The number of nitrogens with zero attached hydrogens (tertiary/aromatic N) is 1. The second-order valence-electron chi connectivity index (χ2n) is 5.23. The number of carbonyl (C=O) groups is 2. The molecule has 6 nitrogen and oxygen atoms in total. The molecule has 1 N–H and O–H groups in total. The molecular weight excluding hydrogens is 270 g/mol. The van der Waals surface area contributed by atoms with E-state index in [1.54, 1.807) is 0 Å². The van der Waals surface area contributed by atoms with Gasteiger partial charge in [-0.3, -0.25) is 9.59 Å². The van der Waals surface area contributed by atoms with Crippen LogP contribution in [-0.2, 0) is 19.4 Å². The Hall–Kier alpha value is -1.11. The Bertz CT molecular complexity index is 414. The maximum Gasteiger partial charge on any atom is 0.305 e. The van der Waals surface area contributed by atoms with E-state index in [1.807, 2.05) is 13.8 Å². The number of hydrogen-bond acceptors (Lipinski definition) is 4. The van der Waals surface area contributed by atoms with Crippen LogP contribution in [0, 0.1) is 5.92 Å². The number of carboxylic acids is 1. The van der Waals surface area contributed by atoms with E-state index in [1.165, 1.54) is 18.7 Å². The van der Waals surface area contributed by atoms with Gasteiger partial charge in [-0.2, -0.15) is 0 Å². The summed E-state index contributed by atoms with van der Waals surface area (Å²) in [7, 11) is -3.46. The molecule has 0 aromatic heterocycles. The van der Waals surface area contributed by atoms with Crippen molar-refractivity contribution in [1.29, 1.82) is 0 Å². The third kappa shape index (κ3) is 7.15. The van der Waals surface area contributed by atoms with Gasteiger partial charge < -0.3 is 10.0 Å². The van der Waals surface area contributed by atoms with Crippen LogP contribution in [0.15, 0.2) is 0 Å². The lowest BCUT2D eigenvalue weighted by Crippen LogP contribution is -2.40. The molecule has 0 radical (unpaired) electrons. The van der Waals surface area contributed by atoms with Crippen LogP contribution in [0.5, 0.6) is 0 Å². The van der Waals surface area contributed by atoms with Crippen LogP contribution in [0.25, 0.3) is 0 Å². The Balaban J connectivity index is 4.76. The van der Waals surface area contributed by atoms with Gasteiger partial charge in [0.2, 0.25) is 5.91 Å². The molecular formula is C12H23NO5S. The van der Waals surface area contributed by atoms with Gasteiger partial charge in [0.05, 0.1) is 11.7 Å². The highest BCUT2D eigenvalue weighted by Gasteiger charge is 2.25. The Morgan fingerprint density at radius 3 is 2.05 bits per heavy atom. The molecule has 0 heterocycles. The minimum Gasteiger partial charge on any atom is -0.481 e. The minimum atomic E-state index is -3.46. The highest BCUT2D eigenvalue weighted by molar-refractivity contribution is 7.92. The van der Waals surface area contributed by atoms with Gasteiger partial charge in [-0.05, 0) is 19.8 Å². The molecule has 0 bridgehead atoms. The van der Waals surface area contributed by atoms with Crippen molar-refractivity contribution in [1.82, 2.24) is 4.90 Å². The van der Waals surface area contributed by atoms with Crippen molar-refractivity contribution in [3.8, 4) is 0 Å². The molecule has 7 heteroatoms. The number of aliphatic carboxylic acids is 1. The molecule has 0 spiro atoms. The summed E-state index contributed by atoms with van der Waals surface area (Å²) in [6.07, 6.45) is -0.180. The van der Waals surface area contributed by atoms with Crippen molar-refractivity contribution in [3.05, 3.63) is 0 Å². The summed E-state index contributed by atoms with van der Waals surface area (Å²) in [5.74, 6) is -1.94. The van der Waals surface area contributed by atoms with Gasteiger partial charge in [0.15, 0.2) is 9.84 Å². The average Bonchev–Trinajstić information content (AvgIpc) is 2.22. The fraction of sp³-hybridized carbons (Fsp3) is 0.833. The SMILES string of the molecule is CC(C)CN(CCC(=O)O)C(=O)CS(=O)(=O)C(C)C. The molecule has 0 atom stereocenters. The summed E-state index contributed by atoms with van der Waals surface area (Å²) in [5, 5.41) is 8.03. The van der Waals surface area contributed by atoms with Crippen molar-refractivity contribution in [3.63, 3.8) is 0 Å². The van der Waals surface area contributed by atoms with Crippen LogP contribution < -0.4 is 0 Å². The molecule has 1 amide bonds. The molecule has 0 saturated carbocycles. The number of rotatable bonds is 8. The topological polar surface area (TPSA) is 91.8 Å². The van der Waals surface area contributed by atoms with E-state index in [0.29, 0.717) is 6.54 Å². The summed E-state index contributed by atoms with van der Waals surface area (Å²) in [6.45, 7) is 7.22.